The van der Waals surface area contributed by atoms with Crippen LogP contribution in [0.25, 0.3) is 11.4 Å². The average Bonchev–Trinajstić information content (AvgIpc) is 2.67. The molecule has 144 valence electrons. The highest BCUT2D eigenvalue weighted by Gasteiger charge is 2.33. The minimum Gasteiger partial charge on any atom is -0.384 e. The SMILES string of the molecule is NC(=O)c1ccnc(-c2ccc(NCCCN3CCC(F)(F)CC3)cn2)c1. The molecule has 0 spiro atoms. The first-order chi connectivity index (χ1) is 12.9. The molecule has 0 aromatic carbocycles. The Kier molecular flexibility index (Phi) is 5.95. The van der Waals surface area contributed by atoms with E-state index in [9.17, 15) is 13.6 Å². The van der Waals surface area contributed by atoms with Crippen molar-refractivity contribution in [3.05, 3.63) is 42.2 Å². The molecule has 3 rings (SSSR count). The van der Waals surface area contributed by atoms with E-state index in [4.69, 9.17) is 5.73 Å². The van der Waals surface area contributed by atoms with E-state index in [1.54, 1.807) is 18.3 Å². The zero-order chi connectivity index (χ0) is 19.3. The van der Waals surface area contributed by atoms with Gasteiger partial charge < -0.3 is 16.0 Å². The van der Waals surface area contributed by atoms with Crippen molar-refractivity contribution >= 4 is 11.6 Å². The number of nitrogens with one attached hydrogen (secondary N) is 1. The van der Waals surface area contributed by atoms with Gasteiger partial charge >= 0.3 is 0 Å². The Labute approximate surface area is 156 Å². The van der Waals surface area contributed by atoms with Gasteiger partial charge in [-0.15, -0.1) is 0 Å². The van der Waals surface area contributed by atoms with Gasteiger partial charge in [-0.05, 0) is 37.2 Å². The van der Waals surface area contributed by atoms with Crippen LogP contribution in [0.5, 0.6) is 0 Å². The van der Waals surface area contributed by atoms with Crippen molar-refractivity contribution in [2.24, 2.45) is 5.73 Å². The zero-order valence-corrected chi connectivity index (χ0v) is 15.0. The van der Waals surface area contributed by atoms with Gasteiger partial charge in [0.05, 0.1) is 23.3 Å². The van der Waals surface area contributed by atoms with E-state index in [0.29, 0.717) is 30.0 Å². The summed E-state index contributed by atoms with van der Waals surface area (Å²) >= 11 is 0. The molecule has 3 N–H and O–H groups in total. The number of hydrogen-bond acceptors (Lipinski definition) is 5. The van der Waals surface area contributed by atoms with Crippen LogP contribution in [0.15, 0.2) is 36.7 Å². The summed E-state index contributed by atoms with van der Waals surface area (Å²) in [6.45, 7) is 2.46. The Morgan fingerprint density at radius 1 is 1.19 bits per heavy atom. The molecule has 0 unspecified atom stereocenters. The van der Waals surface area contributed by atoms with E-state index < -0.39 is 11.8 Å². The van der Waals surface area contributed by atoms with Crippen molar-refractivity contribution in [3.8, 4) is 11.4 Å². The Bertz CT molecular complexity index is 772. The number of likely N-dealkylation sites (tertiary alicyclic amines) is 1. The molecule has 1 amide bonds. The summed E-state index contributed by atoms with van der Waals surface area (Å²) in [6.07, 6.45) is 4.01. The highest BCUT2D eigenvalue weighted by molar-refractivity contribution is 5.93. The molecule has 1 aliphatic heterocycles. The minimum atomic E-state index is -2.49. The second-order valence-corrected chi connectivity index (χ2v) is 6.70. The van der Waals surface area contributed by atoms with E-state index in [2.05, 4.69) is 20.2 Å². The Hall–Kier alpha value is -2.61. The smallest absolute Gasteiger partial charge is 0.250 e. The van der Waals surface area contributed by atoms with Gasteiger partial charge in [0.2, 0.25) is 5.91 Å². The first kappa shape index (κ1) is 19.2. The fourth-order valence-corrected chi connectivity index (χ4v) is 3.01. The maximum atomic E-state index is 13.1. The summed E-state index contributed by atoms with van der Waals surface area (Å²) in [4.78, 5) is 21.9. The molecule has 6 nitrogen and oxygen atoms in total. The molecule has 2 aromatic rings. The topological polar surface area (TPSA) is 84.1 Å². The van der Waals surface area contributed by atoms with Crippen LogP contribution in [0.4, 0.5) is 14.5 Å². The lowest BCUT2D eigenvalue weighted by Crippen LogP contribution is -2.40. The third-order valence-electron chi connectivity index (χ3n) is 4.64. The molecule has 0 radical (unpaired) electrons. The highest BCUT2D eigenvalue weighted by Crippen LogP contribution is 2.27. The van der Waals surface area contributed by atoms with Crippen molar-refractivity contribution < 1.29 is 13.6 Å². The molecule has 0 aliphatic carbocycles. The van der Waals surface area contributed by atoms with Gasteiger partial charge in [-0.3, -0.25) is 14.8 Å². The quantitative estimate of drug-likeness (QED) is 0.727. The maximum absolute atomic E-state index is 13.1. The van der Waals surface area contributed by atoms with Crippen LogP contribution in [-0.2, 0) is 0 Å². The third-order valence-corrected chi connectivity index (χ3v) is 4.64. The number of amides is 1. The number of nitrogens with zero attached hydrogens (tertiary/aromatic N) is 3. The van der Waals surface area contributed by atoms with Gasteiger partial charge in [0.25, 0.3) is 5.92 Å². The van der Waals surface area contributed by atoms with Gasteiger partial charge in [0.15, 0.2) is 0 Å². The first-order valence-corrected chi connectivity index (χ1v) is 8.99. The monoisotopic (exact) mass is 375 g/mol. The van der Waals surface area contributed by atoms with Crippen molar-refractivity contribution in [1.29, 1.82) is 0 Å². The molecule has 27 heavy (non-hydrogen) atoms. The molecule has 1 saturated heterocycles. The third kappa shape index (κ3) is 5.43. The lowest BCUT2D eigenvalue weighted by atomic mass is 10.1. The summed E-state index contributed by atoms with van der Waals surface area (Å²) in [5.41, 5.74) is 7.78. The number of carbonyl (C=O) groups is 1. The molecule has 0 saturated carbocycles. The van der Waals surface area contributed by atoms with Crippen molar-refractivity contribution in [1.82, 2.24) is 14.9 Å². The number of carbonyl (C=O) groups excluding carboxylic acids is 1. The van der Waals surface area contributed by atoms with Gasteiger partial charge in [-0.25, -0.2) is 8.78 Å². The highest BCUT2D eigenvalue weighted by atomic mass is 19.3. The van der Waals surface area contributed by atoms with Crippen LogP contribution < -0.4 is 11.1 Å². The largest absolute Gasteiger partial charge is 0.384 e. The maximum Gasteiger partial charge on any atom is 0.250 e. The summed E-state index contributed by atoms with van der Waals surface area (Å²) in [5.74, 6) is -3.00. The zero-order valence-electron chi connectivity index (χ0n) is 15.0. The van der Waals surface area contributed by atoms with Gasteiger partial charge in [0.1, 0.15) is 0 Å². The molecule has 3 heterocycles. The average molecular weight is 375 g/mol. The molecule has 0 atom stereocenters. The van der Waals surface area contributed by atoms with Crippen LogP contribution in [0.3, 0.4) is 0 Å². The van der Waals surface area contributed by atoms with Crippen LogP contribution >= 0.6 is 0 Å². The molecular weight excluding hydrogens is 352 g/mol. The Morgan fingerprint density at radius 2 is 1.96 bits per heavy atom. The molecular formula is C19H23F2N5O. The molecule has 1 fully saturated rings. The predicted octanol–water partition coefficient (Wildman–Crippen LogP) is 2.78. The van der Waals surface area contributed by atoms with E-state index in [-0.39, 0.29) is 12.8 Å². The summed E-state index contributed by atoms with van der Waals surface area (Å²) in [7, 11) is 0. The summed E-state index contributed by atoms with van der Waals surface area (Å²) < 4.78 is 26.3. The molecule has 2 aromatic heterocycles. The standard InChI is InChI=1S/C19H23F2N5O/c20-19(21)5-10-26(11-6-19)9-1-7-23-15-2-3-16(25-13-15)17-12-14(18(22)27)4-8-24-17/h2-4,8,12-13,23H,1,5-7,9-11H2,(H2,22,27). The van der Waals surface area contributed by atoms with Crippen LogP contribution in [0, 0.1) is 0 Å². The second-order valence-electron chi connectivity index (χ2n) is 6.70. The number of primary amides is 1. The van der Waals surface area contributed by atoms with Gasteiger partial charge in [0, 0.05) is 44.2 Å². The molecule has 0 bridgehead atoms. The molecule has 8 heteroatoms. The number of alkyl halides is 2. The number of halogens is 2. The fraction of sp³-hybridized carbons (Fsp3) is 0.421. The number of nitrogens with two attached hydrogens (primary N) is 1. The fourth-order valence-electron chi connectivity index (χ4n) is 3.01. The summed E-state index contributed by atoms with van der Waals surface area (Å²) in [6, 6.07) is 6.88. The van der Waals surface area contributed by atoms with Crippen molar-refractivity contribution in [3.63, 3.8) is 0 Å². The number of piperidine rings is 1. The van der Waals surface area contributed by atoms with E-state index in [1.165, 1.54) is 6.20 Å². The van der Waals surface area contributed by atoms with Crippen LogP contribution in [0.1, 0.15) is 29.6 Å². The van der Waals surface area contributed by atoms with Crippen LogP contribution in [-0.4, -0.2) is 52.9 Å². The number of hydrogen-bond donors (Lipinski definition) is 2. The number of rotatable bonds is 7. The van der Waals surface area contributed by atoms with Gasteiger partial charge in [-0.2, -0.15) is 0 Å². The van der Waals surface area contributed by atoms with Crippen molar-refractivity contribution in [2.75, 3.05) is 31.5 Å². The van der Waals surface area contributed by atoms with Crippen molar-refractivity contribution in [2.45, 2.75) is 25.2 Å². The Balaban J connectivity index is 1.46. The van der Waals surface area contributed by atoms with E-state index >= 15 is 0 Å². The summed E-state index contributed by atoms with van der Waals surface area (Å²) in [5, 5.41) is 3.28. The van der Waals surface area contributed by atoms with Crippen LogP contribution in [0.2, 0.25) is 0 Å². The Morgan fingerprint density at radius 3 is 2.63 bits per heavy atom. The normalized spacial score (nSPS) is 16.8. The number of anilines is 1. The number of pyridine rings is 2. The minimum absolute atomic E-state index is 0.0448. The first-order valence-electron chi connectivity index (χ1n) is 8.99. The lowest BCUT2D eigenvalue weighted by molar-refractivity contribution is -0.0550. The second kappa shape index (κ2) is 8.39. The van der Waals surface area contributed by atoms with E-state index in [0.717, 1.165) is 25.2 Å². The van der Waals surface area contributed by atoms with Gasteiger partial charge in [-0.1, -0.05) is 0 Å². The lowest BCUT2D eigenvalue weighted by Gasteiger charge is -2.31. The molecule has 1 aliphatic rings. The predicted molar refractivity (Wildman–Crippen MR) is 99.7 cm³/mol. The number of aromatic nitrogens is 2. The van der Waals surface area contributed by atoms with E-state index in [1.807, 2.05) is 12.1 Å².